The SMILES string of the molecule is CCc1c(C(=O)NCC(c2ccccc2)N2CCCC2)cnn1-c1ccccn1. The Balaban J connectivity index is 1.52. The highest BCUT2D eigenvalue weighted by Gasteiger charge is 2.25. The Labute approximate surface area is 171 Å². The average Bonchev–Trinajstić information content (AvgIpc) is 3.45. The van der Waals surface area contributed by atoms with Crippen molar-refractivity contribution < 1.29 is 4.79 Å². The standard InChI is InChI=1S/C23H27N5O/c1-2-20-19(16-26-28(20)22-12-6-7-13-24-22)23(29)25-17-21(27-14-8-9-15-27)18-10-4-3-5-11-18/h3-7,10-13,16,21H,2,8-9,14-15,17H2,1H3,(H,25,29). The molecule has 1 amide bonds. The molecule has 0 bridgehead atoms. The summed E-state index contributed by atoms with van der Waals surface area (Å²) in [4.78, 5) is 19.8. The summed E-state index contributed by atoms with van der Waals surface area (Å²) in [7, 11) is 0. The smallest absolute Gasteiger partial charge is 0.254 e. The van der Waals surface area contributed by atoms with Crippen LogP contribution in [0.2, 0.25) is 0 Å². The zero-order valence-electron chi connectivity index (χ0n) is 16.8. The second-order valence-corrected chi connectivity index (χ2v) is 7.34. The van der Waals surface area contributed by atoms with E-state index in [0.29, 0.717) is 18.5 Å². The average molecular weight is 390 g/mol. The van der Waals surface area contributed by atoms with Gasteiger partial charge in [-0.25, -0.2) is 9.67 Å². The molecule has 1 fully saturated rings. The van der Waals surface area contributed by atoms with E-state index in [2.05, 4.69) is 44.6 Å². The van der Waals surface area contributed by atoms with Crippen molar-refractivity contribution >= 4 is 5.91 Å². The van der Waals surface area contributed by atoms with Gasteiger partial charge < -0.3 is 5.32 Å². The lowest BCUT2D eigenvalue weighted by Crippen LogP contribution is -2.37. The van der Waals surface area contributed by atoms with Crippen molar-refractivity contribution in [3.8, 4) is 5.82 Å². The molecule has 3 heterocycles. The molecule has 1 atom stereocenters. The van der Waals surface area contributed by atoms with Crippen LogP contribution in [0.1, 0.15) is 47.4 Å². The number of nitrogens with zero attached hydrogens (tertiary/aromatic N) is 4. The predicted molar refractivity (Wildman–Crippen MR) is 113 cm³/mol. The fourth-order valence-corrected chi connectivity index (χ4v) is 4.05. The van der Waals surface area contributed by atoms with E-state index in [1.165, 1.54) is 18.4 Å². The number of hydrogen-bond acceptors (Lipinski definition) is 4. The topological polar surface area (TPSA) is 63.1 Å². The Morgan fingerprint density at radius 2 is 1.86 bits per heavy atom. The Kier molecular flexibility index (Phi) is 6.00. The number of pyridine rings is 1. The Bertz CT molecular complexity index is 932. The van der Waals surface area contributed by atoms with Gasteiger partial charge in [0.15, 0.2) is 5.82 Å². The number of carbonyl (C=O) groups excluding carboxylic acids is 1. The van der Waals surface area contributed by atoms with Crippen molar-refractivity contribution in [1.82, 2.24) is 25.0 Å². The molecule has 1 aromatic carbocycles. The molecule has 1 aliphatic rings. The van der Waals surface area contributed by atoms with Crippen molar-refractivity contribution in [2.75, 3.05) is 19.6 Å². The summed E-state index contributed by atoms with van der Waals surface area (Å²) in [6, 6.07) is 16.3. The predicted octanol–water partition coefficient (Wildman–Crippen LogP) is 3.40. The maximum Gasteiger partial charge on any atom is 0.254 e. The van der Waals surface area contributed by atoms with E-state index in [1.807, 2.05) is 31.2 Å². The number of amides is 1. The minimum Gasteiger partial charge on any atom is -0.350 e. The van der Waals surface area contributed by atoms with E-state index >= 15 is 0 Å². The molecule has 0 radical (unpaired) electrons. The van der Waals surface area contributed by atoms with E-state index in [0.717, 1.165) is 24.6 Å². The van der Waals surface area contributed by atoms with Gasteiger partial charge in [0.2, 0.25) is 0 Å². The Hall–Kier alpha value is -2.99. The Morgan fingerprint density at radius 1 is 1.10 bits per heavy atom. The van der Waals surface area contributed by atoms with Gasteiger partial charge in [0.25, 0.3) is 5.91 Å². The van der Waals surface area contributed by atoms with Gasteiger partial charge in [-0.3, -0.25) is 9.69 Å². The van der Waals surface area contributed by atoms with Gasteiger partial charge in [-0.1, -0.05) is 43.3 Å². The van der Waals surface area contributed by atoms with Crippen molar-refractivity contribution in [2.45, 2.75) is 32.2 Å². The molecule has 6 heteroatoms. The summed E-state index contributed by atoms with van der Waals surface area (Å²) in [6.07, 6.45) is 6.52. The van der Waals surface area contributed by atoms with Crippen LogP contribution in [-0.2, 0) is 6.42 Å². The number of rotatable bonds is 7. The van der Waals surface area contributed by atoms with E-state index in [9.17, 15) is 4.79 Å². The number of benzene rings is 1. The first-order chi connectivity index (χ1) is 14.3. The van der Waals surface area contributed by atoms with E-state index < -0.39 is 0 Å². The quantitative estimate of drug-likeness (QED) is 0.673. The molecule has 150 valence electrons. The van der Waals surface area contributed by atoms with Gasteiger partial charge in [0.05, 0.1) is 23.5 Å². The lowest BCUT2D eigenvalue weighted by molar-refractivity contribution is 0.0937. The maximum atomic E-state index is 13.0. The summed E-state index contributed by atoms with van der Waals surface area (Å²) in [6.45, 7) is 4.77. The maximum absolute atomic E-state index is 13.0. The molecule has 1 aliphatic heterocycles. The summed E-state index contributed by atoms with van der Waals surface area (Å²) in [5.41, 5.74) is 2.74. The fraction of sp³-hybridized carbons (Fsp3) is 0.348. The largest absolute Gasteiger partial charge is 0.350 e. The first-order valence-electron chi connectivity index (χ1n) is 10.3. The van der Waals surface area contributed by atoms with E-state index in [-0.39, 0.29) is 11.9 Å². The van der Waals surface area contributed by atoms with E-state index in [1.54, 1.807) is 17.1 Å². The van der Waals surface area contributed by atoms with Gasteiger partial charge in [0, 0.05) is 12.7 Å². The van der Waals surface area contributed by atoms with Gasteiger partial charge in [-0.2, -0.15) is 5.10 Å². The van der Waals surface area contributed by atoms with Crippen LogP contribution in [0.3, 0.4) is 0 Å². The normalized spacial score (nSPS) is 15.3. The van der Waals surface area contributed by atoms with Crippen molar-refractivity contribution in [3.05, 3.63) is 77.7 Å². The summed E-state index contributed by atoms with van der Waals surface area (Å²) in [5, 5.41) is 7.58. The van der Waals surface area contributed by atoms with Crippen LogP contribution in [0.15, 0.2) is 60.9 Å². The Morgan fingerprint density at radius 3 is 2.55 bits per heavy atom. The summed E-state index contributed by atoms with van der Waals surface area (Å²) in [5.74, 6) is 0.645. The molecule has 29 heavy (non-hydrogen) atoms. The lowest BCUT2D eigenvalue weighted by atomic mass is 10.1. The van der Waals surface area contributed by atoms with Crippen molar-refractivity contribution in [2.24, 2.45) is 0 Å². The summed E-state index contributed by atoms with van der Waals surface area (Å²) < 4.78 is 1.75. The molecule has 4 rings (SSSR count). The summed E-state index contributed by atoms with van der Waals surface area (Å²) >= 11 is 0. The highest BCUT2D eigenvalue weighted by atomic mass is 16.1. The number of likely N-dealkylation sites (tertiary alicyclic amines) is 1. The lowest BCUT2D eigenvalue weighted by Gasteiger charge is -2.28. The minimum absolute atomic E-state index is 0.0795. The molecule has 1 unspecified atom stereocenters. The second-order valence-electron chi connectivity index (χ2n) is 7.34. The van der Waals surface area contributed by atoms with Crippen LogP contribution >= 0.6 is 0 Å². The van der Waals surface area contributed by atoms with Crippen LogP contribution in [0.4, 0.5) is 0 Å². The molecular formula is C23H27N5O. The molecule has 0 aliphatic carbocycles. The number of nitrogens with one attached hydrogen (secondary N) is 1. The third kappa shape index (κ3) is 4.22. The number of aromatic nitrogens is 3. The first-order valence-corrected chi connectivity index (χ1v) is 10.3. The highest BCUT2D eigenvalue weighted by molar-refractivity contribution is 5.95. The van der Waals surface area contributed by atoms with Crippen LogP contribution < -0.4 is 5.32 Å². The monoisotopic (exact) mass is 389 g/mol. The van der Waals surface area contributed by atoms with E-state index in [4.69, 9.17) is 0 Å². The highest BCUT2D eigenvalue weighted by Crippen LogP contribution is 2.24. The molecule has 3 aromatic rings. The van der Waals surface area contributed by atoms with Gasteiger partial charge in [0.1, 0.15) is 0 Å². The van der Waals surface area contributed by atoms with Crippen molar-refractivity contribution in [1.29, 1.82) is 0 Å². The van der Waals surface area contributed by atoms with Crippen LogP contribution in [-0.4, -0.2) is 45.2 Å². The third-order valence-electron chi connectivity index (χ3n) is 5.54. The third-order valence-corrected chi connectivity index (χ3v) is 5.54. The molecule has 0 saturated carbocycles. The first kappa shape index (κ1) is 19.3. The van der Waals surface area contributed by atoms with Crippen LogP contribution in [0, 0.1) is 0 Å². The molecule has 0 spiro atoms. The van der Waals surface area contributed by atoms with Crippen LogP contribution in [0.5, 0.6) is 0 Å². The molecule has 1 saturated heterocycles. The van der Waals surface area contributed by atoms with Gasteiger partial charge in [-0.05, 0) is 50.0 Å². The zero-order valence-corrected chi connectivity index (χ0v) is 16.8. The van der Waals surface area contributed by atoms with Crippen molar-refractivity contribution in [3.63, 3.8) is 0 Å². The van der Waals surface area contributed by atoms with Gasteiger partial charge >= 0.3 is 0 Å². The van der Waals surface area contributed by atoms with Crippen LogP contribution in [0.25, 0.3) is 5.82 Å². The number of carbonyl (C=O) groups is 1. The minimum atomic E-state index is -0.0795. The zero-order chi connectivity index (χ0) is 20.1. The number of hydrogen-bond donors (Lipinski definition) is 1. The molecular weight excluding hydrogens is 362 g/mol. The molecule has 1 N–H and O–H groups in total. The second kappa shape index (κ2) is 9.01. The van der Waals surface area contributed by atoms with Gasteiger partial charge in [-0.15, -0.1) is 0 Å². The molecule has 2 aromatic heterocycles. The fourth-order valence-electron chi connectivity index (χ4n) is 4.05. The molecule has 6 nitrogen and oxygen atoms in total.